The molecule has 0 atom stereocenters. The Bertz CT molecular complexity index is 1080. The largest absolute Gasteiger partial charge is 0.388 e. The van der Waals surface area contributed by atoms with Crippen molar-refractivity contribution in [2.24, 2.45) is 0 Å². The van der Waals surface area contributed by atoms with E-state index < -0.39 is 17.1 Å². The molecule has 3 aromatic rings. The van der Waals surface area contributed by atoms with Gasteiger partial charge < -0.3 is 10.4 Å². The van der Waals surface area contributed by atoms with E-state index in [-0.39, 0.29) is 12.1 Å². The molecule has 28 heavy (non-hydrogen) atoms. The Labute approximate surface area is 165 Å². The smallest absolute Gasteiger partial charge is 0.284 e. The number of benzene rings is 1. The van der Waals surface area contributed by atoms with Gasteiger partial charge in [0.1, 0.15) is 5.56 Å². The first-order valence-corrected chi connectivity index (χ1v) is 9.14. The van der Waals surface area contributed by atoms with Crippen LogP contribution in [0.2, 0.25) is 5.02 Å². The van der Waals surface area contributed by atoms with E-state index in [0.29, 0.717) is 34.8 Å². The van der Waals surface area contributed by atoms with Crippen molar-refractivity contribution in [2.75, 3.05) is 6.54 Å². The zero-order valence-electron chi connectivity index (χ0n) is 14.8. The quantitative estimate of drug-likeness (QED) is 0.689. The highest BCUT2D eigenvalue weighted by Gasteiger charge is 2.40. The summed E-state index contributed by atoms with van der Waals surface area (Å²) in [5.74, 6) is -0.555. The van der Waals surface area contributed by atoms with Gasteiger partial charge in [-0.3, -0.25) is 14.6 Å². The Morgan fingerprint density at radius 1 is 1.25 bits per heavy atom. The number of rotatable bonds is 5. The van der Waals surface area contributed by atoms with Gasteiger partial charge in [-0.1, -0.05) is 23.7 Å². The molecular weight excluding hydrogens is 380 g/mol. The predicted octanol–water partition coefficient (Wildman–Crippen LogP) is 2.20. The zero-order valence-corrected chi connectivity index (χ0v) is 15.6. The van der Waals surface area contributed by atoms with Gasteiger partial charge in [-0.15, -0.1) is 0 Å². The summed E-state index contributed by atoms with van der Waals surface area (Å²) in [4.78, 5) is 29.6. The molecule has 2 aromatic heterocycles. The van der Waals surface area contributed by atoms with Gasteiger partial charge in [0, 0.05) is 23.3 Å². The fraction of sp³-hybridized carbons (Fsp3) is 0.200. The third kappa shape index (κ3) is 3.81. The van der Waals surface area contributed by atoms with Crippen LogP contribution in [0, 0.1) is 0 Å². The second-order valence-electron chi connectivity index (χ2n) is 6.79. The first-order chi connectivity index (χ1) is 13.5. The normalized spacial score (nSPS) is 14.5. The fourth-order valence-electron chi connectivity index (χ4n) is 2.73. The number of aromatic nitrogens is 3. The fourth-order valence-corrected chi connectivity index (χ4v) is 2.86. The van der Waals surface area contributed by atoms with E-state index in [1.54, 1.807) is 42.6 Å². The SMILES string of the molecule is O=C(NCC1(O)CC1)c1cc(-c2ccc(Cl)cc2)nn(-c2cccnc2)c1=O. The number of hydrogen-bond donors (Lipinski definition) is 2. The van der Waals surface area contributed by atoms with Gasteiger partial charge >= 0.3 is 0 Å². The van der Waals surface area contributed by atoms with Gasteiger partial charge in [-0.2, -0.15) is 9.78 Å². The third-order valence-electron chi connectivity index (χ3n) is 4.59. The number of carbonyl (C=O) groups is 1. The lowest BCUT2D eigenvalue weighted by molar-refractivity contribution is 0.0894. The minimum Gasteiger partial charge on any atom is -0.388 e. The van der Waals surface area contributed by atoms with Crippen LogP contribution in [0.1, 0.15) is 23.2 Å². The second-order valence-corrected chi connectivity index (χ2v) is 7.22. The monoisotopic (exact) mass is 396 g/mol. The number of pyridine rings is 1. The maximum atomic E-state index is 12.9. The summed E-state index contributed by atoms with van der Waals surface area (Å²) < 4.78 is 1.15. The van der Waals surface area contributed by atoms with E-state index >= 15 is 0 Å². The third-order valence-corrected chi connectivity index (χ3v) is 4.84. The number of nitrogens with one attached hydrogen (secondary N) is 1. The summed E-state index contributed by atoms with van der Waals surface area (Å²) in [6, 6.07) is 11.8. The number of hydrogen-bond acceptors (Lipinski definition) is 5. The Hall–Kier alpha value is -3.03. The number of carbonyl (C=O) groups excluding carboxylic acids is 1. The number of halogens is 1. The van der Waals surface area contributed by atoms with Gasteiger partial charge in [-0.25, -0.2) is 0 Å². The van der Waals surface area contributed by atoms with E-state index in [1.807, 2.05) is 0 Å². The summed E-state index contributed by atoms with van der Waals surface area (Å²) in [6.07, 6.45) is 4.36. The number of aliphatic hydroxyl groups is 1. The molecule has 7 nitrogen and oxygen atoms in total. The van der Waals surface area contributed by atoms with Gasteiger partial charge in [-0.05, 0) is 43.2 Å². The standard InChI is InChI=1S/C20H17ClN4O3/c21-14-5-3-13(4-6-14)17-10-16(18(26)23-12-20(28)7-8-20)19(27)25(24-17)15-2-1-9-22-11-15/h1-6,9-11,28H,7-8,12H2,(H,23,26). The molecule has 1 aliphatic carbocycles. The molecule has 4 rings (SSSR count). The second kappa shape index (κ2) is 7.18. The van der Waals surface area contributed by atoms with Crippen molar-refractivity contribution in [1.82, 2.24) is 20.1 Å². The molecule has 0 saturated heterocycles. The lowest BCUT2D eigenvalue weighted by atomic mass is 10.1. The van der Waals surface area contributed by atoms with Crippen LogP contribution in [0.15, 0.2) is 59.7 Å². The maximum Gasteiger partial charge on any atom is 0.284 e. The molecule has 8 heteroatoms. The van der Waals surface area contributed by atoms with Gasteiger partial charge in [0.2, 0.25) is 0 Å². The van der Waals surface area contributed by atoms with E-state index in [1.165, 1.54) is 12.3 Å². The molecule has 1 saturated carbocycles. The lowest BCUT2D eigenvalue weighted by Crippen LogP contribution is -2.38. The van der Waals surface area contributed by atoms with Crippen molar-refractivity contribution in [3.05, 3.63) is 75.8 Å². The van der Waals surface area contributed by atoms with Gasteiger partial charge in [0.25, 0.3) is 11.5 Å². The Kier molecular flexibility index (Phi) is 4.70. The highest BCUT2D eigenvalue weighted by molar-refractivity contribution is 6.30. The molecule has 0 unspecified atom stereocenters. The number of amides is 1. The van der Waals surface area contributed by atoms with Crippen molar-refractivity contribution >= 4 is 17.5 Å². The highest BCUT2D eigenvalue weighted by atomic mass is 35.5. The first kappa shape index (κ1) is 18.3. The van der Waals surface area contributed by atoms with Crippen LogP contribution in [0.4, 0.5) is 0 Å². The topological polar surface area (TPSA) is 97.1 Å². The van der Waals surface area contributed by atoms with Crippen LogP contribution >= 0.6 is 11.6 Å². The van der Waals surface area contributed by atoms with Crippen LogP contribution in [0.3, 0.4) is 0 Å². The van der Waals surface area contributed by atoms with Gasteiger partial charge in [0.15, 0.2) is 0 Å². The Morgan fingerprint density at radius 2 is 2.00 bits per heavy atom. The maximum absolute atomic E-state index is 12.9. The van der Waals surface area contributed by atoms with Crippen molar-refractivity contribution < 1.29 is 9.90 Å². The van der Waals surface area contributed by atoms with Crippen LogP contribution < -0.4 is 10.9 Å². The average molecular weight is 397 g/mol. The molecular formula is C20H17ClN4O3. The average Bonchev–Trinajstić information content (AvgIpc) is 3.45. The Balaban J connectivity index is 1.79. The van der Waals surface area contributed by atoms with E-state index in [0.717, 1.165) is 4.68 Å². The molecule has 1 aliphatic rings. The molecule has 1 amide bonds. The summed E-state index contributed by atoms with van der Waals surface area (Å²) >= 11 is 5.95. The molecule has 1 fully saturated rings. The van der Waals surface area contributed by atoms with E-state index in [4.69, 9.17) is 11.6 Å². The summed E-state index contributed by atoms with van der Waals surface area (Å²) in [6.45, 7) is 0.108. The first-order valence-electron chi connectivity index (χ1n) is 8.77. The molecule has 0 spiro atoms. The molecule has 1 aromatic carbocycles. The molecule has 142 valence electrons. The summed E-state index contributed by atoms with van der Waals surface area (Å²) in [5, 5.41) is 17.6. The molecule has 2 heterocycles. The van der Waals surface area contributed by atoms with Crippen LogP contribution in [-0.4, -0.2) is 37.9 Å². The van der Waals surface area contributed by atoms with Crippen molar-refractivity contribution in [2.45, 2.75) is 18.4 Å². The zero-order chi connectivity index (χ0) is 19.7. The Morgan fingerprint density at radius 3 is 2.64 bits per heavy atom. The van der Waals surface area contributed by atoms with Crippen LogP contribution in [0.25, 0.3) is 16.9 Å². The van der Waals surface area contributed by atoms with Crippen molar-refractivity contribution in [3.63, 3.8) is 0 Å². The van der Waals surface area contributed by atoms with Crippen molar-refractivity contribution in [1.29, 1.82) is 0 Å². The van der Waals surface area contributed by atoms with Crippen molar-refractivity contribution in [3.8, 4) is 16.9 Å². The predicted molar refractivity (Wildman–Crippen MR) is 105 cm³/mol. The lowest BCUT2D eigenvalue weighted by Gasteiger charge is -2.12. The molecule has 0 aliphatic heterocycles. The van der Waals surface area contributed by atoms with Crippen LogP contribution in [0.5, 0.6) is 0 Å². The summed E-state index contributed by atoms with van der Waals surface area (Å²) in [7, 11) is 0. The molecule has 0 radical (unpaired) electrons. The minimum atomic E-state index is -0.857. The van der Waals surface area contributed by atoms with E-state index in [2.05, 4.69) is 15.4 Å². The van der Waals surface area contributed by atoms with Crippen LogP contribution in [-0.2, 0) is 0 Å². The molecule has 2 N–H and O–H groups in total. The minimum absolute atomic E-state index is 0.0620. The van der Waals surface area contributed by atoms with E-state index in [9.17, 15) is 14.7 Å². The molecule has 0 bridgehead atoms. The highest BCUT2D eigenvalue weighted by Crippen LogP contribution is 2.34. The van der Waals surface area contributed by atoms with Gasteiger partial charge in [0.05, 0.1) is 23.2 Å². The number of nitrogens with zero attached hydrogens (tertiary/aromatic N) is 3. The summed E-state index contributed by atoms with van der Waals surface area (Å²) in [5.41, 5.74) is 0.105.